The summed E-state index contributed by atoms with van der Waals surface area (Å²) in [5, 5.41) is 0. The number of Topliss-reactive ketones (excluding diaryl/α,β-unsaturated/α-hetero) is 1. The molecule has 0 bridgehead atoms. The van der Waals surface area contributed by atoms with Gasteiger partial charge in [-0.2, -0.15) is 0 Å². The van der Waals surface area contributed by atoms with E-state index in [4.69, 9.17) is 9.47 Å². The summed E-state index contributed by atoms with van der Waals surface area (Å²) >= 11 is 0. The number of ether oxygens (including phenoxy) is 2. The third kappa shape index (κ3) is 4.73. The molecule has 0 N–H and O–H groups in total. The van der Waals surface area contributed by atoms with Crippen molar-refractivity contribution >= 4 is 11.9 Å². The monoisotopic (exact) mass is 243 g/mol. The highest BCUT2D eigenvalue weighted by Gasteiger charge is 2.28. The minimum atomic E-state index is -0.518. The zero-order chi connectivity index (χ0) is 13.1. The van der Waals surface area contributed by atoms with Gasteiger partial charge in [0.2, 0.25) is 0 Å². The number of carbonyl (C=O) groups excluding carboxylic acids is 2. The van der Waals surface area contributed by atoms with Crippen LogP contribution in [0.4, 0.5) is 4.79 Å². The summed E-state index contributed by atoms with van der Waals surface area (Å²) in [6.45, 7) is 8.66. The number of rotatable bonds is 1. The van der Waals surface area contributed by atoms with E-state index in [0.29, 0.717) is 26.3 Å². The van der Waals surface area contributed by atoms with Crippen LogP contribution in [0.2, 0.25) is 0 Å². The standard InChI is InChI=1S/C12H21NO4/c1-9(14)10-7-13(5-6-16-8-10)11(15)17-12(2,3)4/h10H,5-8H2,1-4H3. The SMILES string of the molecule is CC(=O)C1COCCN(C(=O)OC(C)(C)C)C1. The van der Waals surface area contributed by atoms with Crippen molar-refractivity contribution in [3.05, 3.63) is 0 Å². The van der Waals surface area contributed by atoms with Gasteiger partial charge >= 0.3 is 6.09 Å². The lowest BCUT2D eigenvalue weighted by Crippen LogP contribution is -2.41. The van der Waals surface area contributed by atoms with Gasteiger partial charge in [0.15, 0.2) is 0 Å². The lowest BCUT2D eigenvalue weighted by Gasteiger charge is -2.27. The third-order valence-electron chi connectivity index (χ3n) is 2.49. The maximum Gasteiger partial charge on any atom is 0.410 e. The molecular weight excluding hydrogens is 222 g/mol. The molecule has 1 heterocycles. The van der Waals surface area contributed by atoms with E-state index in [0.717, 1.165) is 0 Å². The fraction of sp³-hybridized carbons (Fsp3) is 0.833. The summed E-state index contributed by atoms with van der Waals surface area (Å²) in [7, 11) is 0. The Kier molecular flexibility index (Phi) is 4.51. The summed E-state index contributed by atoms with van der Waals surface area (Å²) in [6.07, 6.45) is -0.380. The second kappa shape index (κ2) is 5.49. The van der Waals surface area contributed by atoms with Crippen LogP contribution in [0, 0.1) is 5.92 Å². The van der Waals surface area contributed by atoms with Gasteiger partial charge < -0.3 is 14.4 Å². The minimum absolute atomic E-state index is 0.0421. The molecule has 5 heteroatoms. The predicted molar refractivity (Wildman–Crippen MR) is 62.8 cm³/mol. The zero-order valence-corrected chi connectivity index (χ0v) is 11.0. The van der Waals surface area contributed by atoms with Gasteiger partial charge in [-0.1, -0.05) is 0 Å². The van der Waals surface area contributed by atoms with E-state index in [2.05, 4.69) is 0 Å². The molecule has 0 aromatic rings. The van der Waals surface area contributed by atoms with Crippen LogP contribution in [0.15, 0.2) is 0 Å². The van der Waals surface area contributed by atoms with E-state index in [1.807, 2.05) is 20.8 Å². The molecule has 0 aromatic heterocycles. The molecule has 0 radical (unpaired) electrons. The van der Waals surface area contributed by atoms with Gasteiger partial charge in [-0.25, -0.2) is 4.79 Å². The minimum Gasteiger partial charge on any atom is -0.444 e. The number of nitrogens with zero attached hydrogens (tertiary/aromatic N) is 1. The summed E-state index contributed by atoms with van der Waals surface area (Å²) in [6, 6.07) is 0. The Bertz CT molecular complexity index is 295. The molecule has 1 amide bonds. The number of hydrogen-bond donors (Lipinski definition) is 0. The van der Waals surface area contributed by atoms with E-state index in [1.54, 1.807) is 4.90 Å². The van der Waals surface area contributed by atoms with Gasteiger partial charge in [0.1, 0.15) is 11.4 Å². The second-order valence-electron chi connectivity index (χ2n) is 5.31. The van der Waals surface area contributed by atoms with E-state index >= 15 is 0 Å². The van der Waals surface area contributed by atoms with Crippen LogP contribution in [0.25, 0.3) is 0 Å². The highest BCUT2D eigenvalue weighted by atomic mass is 16.6. The van der Waals surface area contributed by atoms with E-state index in [1.165, 1.54) is 6.92 Å². The highest BCUT2D eigenvalue weighted by molar-refractivity contribution is 5.79. The molecule has 0 aromatic carbocycles. The molecule has 17 heavy (non-hydrogen) atoms. The van der Waals surface area contributed by atoms with Crippen LogP contribution in [-0.4, -0.2) is 48.7 Å². The Morgan fingerprint density at radius 2 is 2.00 bits per heavy atom. The van der Waals surface area contributed by atoms with Gasteiger partial charge in [-0.3, -0.25) is 4.79 Å². The molecule has 1 atom stereocenters. The maximum atomic E-state index is 11.9. The lowest BCUT2D eigenvalue weighted by molar-refractivity contribution is -0.122. The van der Waals surface area contributed by atoms with E-state index in [-0.39, 0.29) is 17.8 Å². The van der Waals surface area contributed by atoms with Crippen LogP contribution in [-0.2, 0) is 14.3 Å². The normalized spacial score (nSPS) is 21.9. The molecule has 1 unspecified atom stereocenters. The van der Waals surface area contributed by atoms with Crippen molar-refractivity contribution in [1.82, 2.24) is 4.90 Å². The Morgan fingerprint density at radius 1 is 1.35 bits per heavy atom. The van der Waals surface area contributed by atoms with Crippen LogP contribution in [0.3, 0.4) is 0 Å². The first-order chi connectivity index (χ1) is 7.79. The number of hydrogen-bond acceptors (Lipinski definition) is 4. The topological polar surface area (TPSA) is 55.8 Å². The van der Waals surface area contributed by atoms with Crippen LogP contribution >= 0.6 is 0 Å². The van der Waals surface area contributed by atoms with Gasteiger partial charge in [0.25, 0.3) is 0 Å². The lowest BCUT2D eigenvalue weighted by atomic mass is 10.1. The van der Waals surface area contributed by atoms with E-state index < -0.39 is 5.60 Å². The van der Waals surface area contributed by atoms with Crippen molar-refractivity contribution < 1.29 is 19.1 Å². The predicted octanol–water partition coefficient (Wildman–Crippen LogP) is 1.46. The van der Waals surface area contributed by atoms with Gasteiger partial charge in [-0.05, 0) is 27.7 Å². The second-order valence-corrected chi connectivity index (χ2v) is 5.31. The van der Waals surface area contributed by atoms with Gasteiger partial charge in [0.05, 0.1) is 19.1 Å². The molecule has 0 spiro atoms. The van der Waals surface area contributed by atoms with Crippen molar-refractivity contribution in [2.75, 3.05) is 26.3 Å². The molecule has 1 saturated heterocycles. The molecule has 1 aliphatic heterocycles. The summed E-state index contributed by atoms with van der Waals surface area (Å²) < 4.78 is 10.6. The van der Waals surface area contributed by atoms with Crippen molar-refractivity contribution in [3.63, 3.8) is 0 Å². The quantitative estimate of drug-likeness (QED) is 0.699. The average molecular weight is 243 g/mol. The maximum absolute atomic E-state index is 11.9. The first kappa shape index (κ1) is 14.0. The number of carbonyl (C=O) groups is 2. The Balaban J connectivity index is 2.62. The molecule has 5 nitrogen and oxygen atoms in total. The largest absolute Gasteiger partial charge is 0.444 e. The average Bonchev–Trinajstić information content (AvgIpc) is 2.39. The van der Waals surface area contributed by atoms with E-state index in [9.17, 15) is 9.59 Å². The molecule has 98 valence electrons. The molecule has 1 aliphatic rings. The first-order valence-electron chi connectivity index (χ1n) is 5.86. The molecule has 0 saturated carbocycles. The van der Waals surface area contributed by atoms with Crippen molar-refractivity contribution in [2.45, 2.75) is 33.3 Å². The smallest absolute Gasteiger partial charge is 0.410 e. The van der Waals surface area contributed by atoms with Crippen LogP contribution in [0.1, 0.15) is 27.7 Å². The summed E-state index contributed by atoms with van der Waals surface area (Å²) in [5.74, 6) is -0.203. The first-order valence-corrected chi connectivity index (χ1v) is 5.86. The summed E-state index contributed by atoms with van der Waals surface area (Å²) in [4.78, 5) is 24.8. The van der Waals surface area contributed by atoms with Crippen LogP contribution in [0.5, 0.6) is 0 Å². The Hall–Kier alpha value is -1.10. The molecule has 1 fully saturated rings. The molecular formula is C12H21NO4. The Labute approximate surface area is 102 Å². The van der Waals surface area contributed by atoms with Gasteiger partial charge in [-0.15, -0.1) is 0 Å². The van der Waals surface area contributed by atoms with Crippen molar-refractivity contribution in [2.24, 2.45) is 5.92 Å². The molecule has 0 aliphatic carbocycles. The fourth-order valence-corrected chi connectivity index (χ4v) is 1.55. The Morgan fingerprint density at radius 3 is 2.53 bits per heavy atom. The fourth-order valence-electron chi connectivity index (χ4n) is 1.55. The zero-order valence-electron chi connectivity index (χ0n) is 11.0. The number of ketones is 1. The molecule has 1 rings (SSSR count). The highest BCUT2D eigenvalue weighted by Crippen LogP contribution is 2.14. The number of amides is 1. The van der Waals surface area contributed by atoms with Crippen molar-refractivity contribution in [1.29, 1.82) is 0 Å². The third-order valence-corrected chi connectivity index (χ3v) is 2.49. The summed E-state index contributed by atoms with van der Waals surface area (Å²) in [5.41, 5.74) is -0.518. The van der Waals surface area contributed by atoms with Crippen LogP contribution < -0.4 is 0 Å². The van der Waals surface area contributed by atoms with Gasteiger partial charge in [0, 0.05) is 13.1 Å². The van der Waals surface area contributed by atoms with Crippen molar-refractivity contribution in [3.8, 4) is 0 Å².